The third-order valence-electron chi connectivity index (χ3n) is 2.80. The van der Waals surface area contributed by atoms with E-state index < -0.39 is 0 Å². The van der Waals surface area contributed by atoms with Crippen LogP contribution < -0.4 is 4.74 Å². The Labute approximate surface area is 106 Å². The van der Waals surface area contributed by atoms with Gasteiger partial charge in [-0.05, 0) is 12.5 Å². The van der Waals surface area contributed by atoms with Gasteiger partial charge in [-0.3, -0.25) is 9.48 Å². The predicted molar refractivity (Wildman–Crippen MR) is 68.9 cm³/mol. The second-order valence-electron chi connectivity index (χ2n) is 3.96. The summed E-state index contributed by atoms with van der Waals surface area (Å²) in [5.41, 5.74) is 1.54. The molecule has 94 valence electrons. The third kappa shape index (κ3) is 2.42. The van der Waals surface area contributed by atoms with Crippen molar-refractivity contribution in [2.45, 2.75) is 19.9 Å². The van der Waals surface area contributed by atoms with Crippen molar-refractivity contribution in [2.75, 3.05) is 7.11 Å². The van der Waals surface area contributed by atoms with E-state index in [0.29, 0.717) is 24.4 Å². The first-order valence-electron chi connectivity index (χ1n) is 5.93. The van der Waals surface area contributed by atoms with Gasteiger partial charge in [-0.15, -0.1) is 0 Å². The van der Waals surface area contributed by atoms with E-state index in [9.17, 15) is 4.79 Å². The number of hydrogen-bond donors (Lipinski definition) is 0. The molecule has 0 aliphatic rings. The quantitative estimate of drug-likeness (QED) is 0.758. The topological polar surface area (TPSA) is 44.1 Å². The molecule has 1 aromatic heterocycles. The molecule has 1 aromatic carbocycles. The lowest BCUT2D eigenvalue weighted by molar-refractivity contribution is 0.0979. The van der Waals surface area contributed by atoms with Crippen molar-refractivity contribution in [3.8, 4) is 5.75 Å². The van der Waals surface area contributed by atoms with Crippen LogP contribution in [0.15, 0.2) is 36.5 Å². The Bertz CT molecular complexity index is 510. The van der Waals surface area contributed by atoms with Crippen LogP contribution in [-0.4, -0.2) is 22.7 Å². The fourth-order valence-electron chi connectivity index (χ4n) is 1.90. The van der Waals surface area contributed by atoms with Gasteiger partial charge in [0.2, 0.25) is 0 Å². The minimum atomic E-state index is 0.0254. The van der Waals surface area contributed by atoms with Gasteiger partial charge in [0.1, 0.15) is 5.69 Å². The average molecular weight is 244 g/mol. The first-order chi connectivity index (χ1) is 8.76. The lowest BCUT2D eigenvalue weighted by atomic mass is 10.1. The molecule has 4 heteroatoms. The van der Waals surface area contributed by atoms with Crippen molar-refractivity contribution in [3.63, 3.8) is 0 Å². The van der Waals surface area contributed by atoms with Crippen LogP contribution in [-0.2, 0) is 13.0 Å². The van der Waals surface area contributed by atoms with Crippen LogP contribution in [0.3, 0.4) is 0 Å². The number of carbonyl (C=O) groups is 1. The largest absolute Gasteiger partial charge is 0.493 e. The van der Waals surface area contributed by atoms with Crippen molar-refractivity contribution < 1.29 is 9.53 Å². The Morgan fingerprint density at radius 3 is 2.67 bits per heavy atom. The van der Waals surface area contributed by atoms with Crippen LogP contribution in [0.5, 0.6) is 5.75 Å². The molecule has 2 rings (SSSR count). The highest BCUT2D eigenvalue weighted by atomic mass is 16.5. The number of hydrogen-bond acceptors (Lipinski definition) is 3. The Morgan fingerprint density at radius 1 is 1.33 bits per heavy atom. The molecule has 1 heterocycles. The highest BCUT2D eigenvalue weighted by Crippen LogP contribution is 2.19. The summed E-state index contributed by atoms with van der Waals surface area (Å²) in [5.74, 6) is 0.565. The van der Waals surface area contributed by atoms with Gasteiger partial charge in [-0.2, -0.15) is 5.10 Å². The maximum absolute atomic E-state index is 12.3. The fraction of sp³-hybridized carbons (Fsp3) is 0.286. The fourth-order valence-corrected chi connectivity index (χ4v) is 1.90. The lowest BCUT2D eigenvalue weighted by Crippen LogP contribution is -2.12. The average Bonchev–Trinajstić information content (AvgIpc) is 2.82. The summed E-state index contributed by atoms with van der Waals surface area (Å²) < 4.78 is 6.85. The minimum absolute atomic E-state index is 0.0254. The summed E-state index contributed by atoms with van der Waals surface area (Å²) >= 11 is 0. The number of nitrogens with zero attached hydrogens (tertiary/aromatic N) is 2. The maximum Gasteiger partial charge on any atom is 0.189 e. The Kier molecular flexibility index (Phi) is 3.77. The number of ketones is 1. The van der Waals surface area contributed by atoms with E-state index in [1.165, 1.54) is 0 Å². The molecule has 0 aliphatic carbocycles. The van der Waals surface area contributed by atoms with Crippen LogP contribution in [0.1, 0.15) is 23.0 Å². The van der Waals surface area contributed by atoms with E-state index in [0.717, 1.165) is 5.56 Å². The normalized spacial score (nSPS) is 10.3. The van der Waals surface area contributed by atoms with Crippen molar-refractivity contribution in [2.24, 2.45) is 0 Å². The van der Waals surface area contributed by atoms with Crippen LogP contribution in [0.4, 0.5) is 0 Å². The number of carbonyl (C=O) groups excluding carboxylic acids is 1. The van der Waals surface area contributed by atoms with E-state index in [4.69, 9.17) is 4.74 Å². The second-order valence-corrected chi connectivity index (χ2v) is 3.96. The Hall–Kier alpha value is -2.10. The summed E-state index contributed by atoms with van der Waals surface area (Å²) in [6.45, 7) is 2.60. The number of rotatable bonds is 5. The first kappa shape index (κ1) is 12.4. The summed E-state index contributed by atoms with van der Waals surface area (Å²) in [4.78, 5) is 12.3. The molecular formula is C14H16N2O2. The highest BCUT2D eigenvalue weighted by Gasteiger charge is 2.18. The number of aryl methyl sites for hydroxylation is 1. The SMILES string of the molecule is CCn1ncc(OC)c1C(=O)Cc1ccccc1. The first-order valence-corrected chi connectivity index (χ1v) is 5.93. The van der Waals surface area contributed by atoms with Gasteiger partial charge in [-0.1, -0.05) is 30.3 Å². The van der Waals surface area contributed by atoms with Gasteiger partial charge in [0.25, 0.3) is 0 Å². The zero-order valence-corrected chi connectivity index (χ0v) is 10.6. The number of Topliss-reactive ketones (excluding diaryl/α,β-unsaturated/α-hetero) is 1. The van der Waals surface area contributed by atoms with Crippen LogP contribution in [0, 0.1) is 0 Å². The molecular weight excluding hydrogens is 228 g/mol. The highest BCUT2D eigenvalue weighted by molar-refractivity contribution is 5.98. The number of benzene rings is 1. The minimum Gasteiger partial charge on any atom is -0.493 e. The van der Waals surface area contributed by atoms with Crippen molar-refractivity contribution >= 4 is 5.78 Å². The Balaban J connectivity index is 2.26. The number of methoxy groups -OCH3 is 1. The molecule has 0 fully saturated rings. The second kappa shape index (κ2) is 5.49. The lowest BCUT2D eigenvalue weighted by Gasteiger charge is -2.06. The molecule has 18 heavy (non-hydrogen) atoms. The van der Waals surface area contributed by atoms with E-state index in [1.807, 2.05) is 37.3 Å². The molecule has 0 saturated heterocycles. The summed E-state index contributed by atoms with van der Waals surface area (Å²) in [6, 6.07) is 9.67. The van der Waals surface area contributed by atoms with Crippen LogP contribution in [0.25, 0.3) is 0 Å². The van der Waals surface area contributed by atoms with E-state index in [2.05, 4.69) is 5.10 Å². The molecule has 0 atom stereocenters. The van der Waals surface area contributed by atoms with Gasteiger partial charge < -0.3 is 4.74 Å². The molecule has 0 saturated carbocycles. The third-order valence-corrected chi connectivity index (χ3v) is 2.80. The smallest absolute Gasteiger partial charge is 0.189 e. The molecule has 0 radical (unpaired) electrons. The molecule has 0 aliphatic heterocycles. The molecule has 0 N–H and O–H groups in total. The van der Waals surface area contributed by atoms with Crippen molar-refractivity contribution in [3.05, 3.63) is 47.8 Å². The van der Waals surface area contributed by atoms with E-state index in [-0.39, 0.29) is 5.78 Å². The predicted octanol–water partition coefficient (Wildman–Crippen LogP) is 2.34. The van der Waals surface area contributed by atoms with Gasteiger partial charge in [0, 0.05) is 13.0 Å². The molecule has 0 bridgehead atoms. The van der Waals surface area contributed by atoms with Gasteiger partial charge in [0.05, 0.1) is 13.3 Å². The van der Waals surface area contributed by atoms with Crippen LogP contribution >= 0.6 is 0 Å². The molecule has 0 unspecified atom stereocenters. The number of aromatic nitrogens is 2. The molecule has 2 aromatic rings. The Morgan fingerprint density at radius 2 is 2.06 bits per heavy atom. The summed E-state index contributed by atoms with van der Waals surface area (Å²) in [5, 5.41) is 4.14. The zero-order chi connectivity index (χ0) is 13.0. The van der Waals surface area contributed by atoms with E-state index in [1.54, 1.807) is 18.0 Å². The molecule has 0 spiro atoms. The molecule has 4 nitrogen and oxygen atoms in total. The molecule has 0 amide bonds. The van der Waals surface area contributed by atoms with Gasteiger partial charge in [-0.25, -0.2) is 0 Å². The summed E-state index contributed by atoms with van der Waals surface area (Å²) in [7, 11) is 1.55. The van der Waals surface area contributed by atoms with Gasteiger partial charge >= 0.3 is 0 Å². The number of ether oxygens (including phenoxy) is 1. The summed E-state index contributed by atoms with van der Waals surface area (Å²) in [6.07, 6.45) is 1.95. The van der Waals surface area contributed by atoms with E-state index >= 15 is 0 Å². The van der Waals surface area contributed by atoms with Crippen molar-refractivity contribution in [1.82, 2.24) is 9.78 Å². The van der Waals surface area contributed by atoms with Crippen LogP contribution in [0.2, 0.25) is 0 Å². The van der Waals surface area contributed by atoms with Crippen molar-refractivity contribution in [1.29, 1.82) is 0 Å². The monoisotopic (exact) mass is 244 g/mol. The van der Waals surface area contributed by atoms with Gasteiger partial charge in [0.15, 0.2) is 11.5 Å². The maximum atomic E-state index is 12.3. The standard InChI is InChI=1S/C14H16N2O2/c1-3-16-14(13(18-2)10-15-16)12(17)9-11-7-5-4-6-8-11/h4-8,10H,3,9H2,1-2H3. The zero-order valence-electron chi connectivity index (χ0n) is 10.6.